The van der Waals surface area contributed by atoms with Gasteiger partial charge in [-0.05, 0) is 55.5 Å². The number of pyridine rings is 1. The van der Waals surface area contributed by atoms with E-state index in [1.165, 1.54) is 24.3 Å². The van der Waals surface area contributed by atoms with E-state index in [9.17, 15) is 9.18 Å². The van der Waals surface area contributed by atoms with Gasteiger partial charge in [0.05, 0.1) is 11.2 Å². The molecule has 3 aromatic rings. The van der Waals surface area contributed by atoms with Crippen molar-refractivity contribution in [2.45, 2.75) is 13.0 Å². The van der Waals surface area contributed by atoms with Gasteiger partial charge in [-0.2, -0.15) is 0 Å². The van der Waals surface area contributed by atoms with Crippen LogP contribution in [0.2, 0.25) is 0 Å². The van der Waals surface area contributed by atoms with E-state index in [2.05, 4.69) is 10.3 Å². The number of amides is 1. The highest BCUT2D eigenvalue weighted by Gasteiger charge is 2.16. The number of benzene rings is 2. The van der Waals surface area contributed by atoms with Crippen LogP contribution in [0.15, 0.2) is 60.8 Å². The van der Waals surface area contributed by atoms with Gasteiger partial charge in [0.25, 0.3) is 5.91 Å². The molecule has 3 rings (SSSR count). The number of carbonyl (C=O) groups is 1. The molecule has 0 aliphatic heterocycles. The van der Waals surface area contributed by atoms with Crippen LogP contribution in [0.4, 0.5) is 10.1 Å². The van der Waals surface area contributed by atoms with Crippen LogP contribution in [0.25, 0.3) is 10.9 Å². The fraction of sp³-hybridized carbons (Fsp3) is 0.111. The van der Waals surface area contributed by atoms with E-state index < -0.39 is 6.10 Å². The first-order valence-electron chi connectivity index (χ1n) is 7.20. The van der Waals surface area contributed by atoms with Gasteiger partial charge in [-0.25, -0.2) is 4.39 Å². The Morgan fingerprint density at radius 1 is 1.13 bits per heavy atom. The molecule has 5 heteroatoms. The molecule has 0 aliphatic rings. The number of aromatic nitrogens is 1. The lowest BCUT2D eigenvalue weighted by Crippen LogP contribution is -2.30. The smallest absolute Gasteiger partial charge is 0.265 e. The van der Waals surface area contributed by atoms with E-state index in [0.29, 0.717) is 11.4 Å². The molecule has 23 heavy (non-hydrogen) atoms. The monoisotopic (exact) mass is 310 g/mol. The zero-order chi connectivity index (χ0) is 16.2. The number of fused-ring (bicyclic) bond motifs is 1. The lowest BCUT2D eigenvalue weighted by molar-refractivity contribution is -0.122. The van der Waals surface area contributed by atoms with Crippen molar-refractivity contribution in [3.8, 4) is 5.75 Å². The molecular formula is C18H15FN2O2. The maximum absolute atomic E-state index is 12.9. The standard InChI is InChI=1S/C18H15FN2O2/c1-12(23-14-9-7-13(19)8-10-14)18(22)21-17-6-2-5-16-15(17)4-3-11-20-16/h2-12H,1H3,(H,21,22)/t12-/m1/s1. The lowest BCUT2D eigenvalue weighted by atomic mass is 10.2. The summed E-state index contributed by atoms with van der Waals surface area (Å²) in [7, 11) is 0. The first-order chi connectivity index (χ1) is 11.1. The molecule has 0 aliphatic carbocycles. The van der Waals surface area contributed by atoms with E-state index in [0.717, 1.165) is 10.9 Å². The van der Waals surface area contributed by atoms with Crippen molar-refractivity contribution in [2.75, 3.05) is 5.32 Å². The third kappa shape index (κ3) is 3.45. The summed E-state index contributed by atoms with van der Waals surface area (Å²) in [5.74, 6) is -0.197. The number of nitrogens with zero attached hydrogens (tertiary/aromatic N) is 1. The average Bonchev–Trinajstić information content (AvgIpc) is 2.57. The van der Waals surface area contributed by atoms with Gasteiger partial charge in [-0.15, -0.1) is 0 Å². The summed E-state index contributed by atoms with van der Waals surface area (Å²) in [4.78, 5) is 16.5. The number of halogens is 1. The molecule has 116 valence electrons. The molecule has 0 bridgehead atoms. The molecule has 0 radical (unpaired) electrons. The van der Waals surface area contributed by atoms with E-state index in [1.807, 2.05) is 30.3 Å². The summed E-state index contributed by atoms with van der Waals surface area (Å²) in [5.41, 5.74) is 1.48. The van der Waals surface area contributed by atoms with Crippen molar-refractivity contribution >= 4 is 22.5 Å². The van der Waals surface area contributed by atoms with Crippen molar-refractivity contribution in [3.05, 3.63) is 66.6 Å². The third-order valence-electron chi connectivity index (χ3n) is 3.40. The van der Waals surface area contributed by atoms with Crippen LogP contribution in [0.3, 0.4) is 0 Å². The van der Waals surface area contributed by atoms with Gasteiger partial charge >= 0.3 is 0 Å². The minimum Gasteiger partial charge on any atom is -0.481 e. The number of ether oxygens (including phenoxy) is 1. The Morgan fingerprint density at radius 2 is 1.91 bits per heavy atom. The van der Waals surface area contributed by atoms with Gasteiger partial charge in [-0.3, -0.25) is 9.78 Å². The summed E-state index contributed by atoms with van der Waals surface area (Å²) in [6.45, 7) is 1.64. The first-order valence-corrected chi connectivity index (χ1v) is 7.20. The van der Waals surface area contributed by atoms with Crippen molar-refractivity contribution in [3.63, 3.8) is 0 Å². The molecule has 1 aromatic heterocycles. The molecule has 0 unspecified atom stereocenters. The molecule has 1 heterocycles. The van der Waals surface area contributed by atoms with E-state index in [-0.39, 0.29) is 11.7 Å². The summed E-state index contributed by atoms with van der Waals surface area (Å²) in [5, 5.41) is 3.70. The maximum Gasteiger partial charge on any atom is 0.265 e. The fourth-order valence-corrected chi connectivity index (χ4v) is 2.22. The Bertz CT molecular complexity index is 829. The molecule has 1 N–H and O–H groups in total. The number of nitrogens with one attached hydrogen (secondary N) is 1. The largest absolute Gasteiger partial charge is 0.481 e. The minimum absolute atomic E-state index is 0.286. The Balaban J connectivity index is 1.74. The molecule has 1 amide bonds. The minimum atomic E-state index is -0.715. The van der Waals surface area contributed by atoms with Crippen LogP contribution < -0.4 is 10.1 Å². The Labute approximate surface area is 132 Å². The molecule has 0 saturated heterocycles. The zero-order valence-electron chi connectivity index (χ0n) is 12.5. The Kier molecular flexibility index (Phi) is 4.19. The summed E-state index contributed by atoms with van der Waals surface area (Å²) >= 11 is 0. The van der Waals surface area contributed by atoms with Crippen LogP contribution in [-0.4, -0.2) is 17.0 Å². The predicted molar refractivity (Wildman–Crippen MR) is 86.9 cm³/mol. The van der Waals surface area contributed by atoms with E-state index in [1.54, 1.807) is 13.1 Å². The zero-order valence-corrected chi connectivity index (χ0v) is 12.5. The van der Waals surface area contributed by atoms with Crippen molar-refractivity contribution in [1.29, 1.82) is 0 Å². The van der Waals surface area contributed by atoms with Gasteiger partial charge < -0.3 is 10.1 Å². The SMILES string of the molecule is C[C@@H](Oc1ccc(F)cc1)C(=O)Nc1cccc2ncccc12. The molecule has 0 fully saturated rings. The molecule has 2 aromatic carbocycles. The lowest BCUT2D eigenvalue weighted by Gasteiger charge is -2.15. The highest BCUT2D eigenvalue weighted by Crippen LogP contribution is 2.22. The van der Waals surface area contributed by atoms with Gasteiger partial charge in [-0.1, -0.05) is 6.07 Å². The molecular weight excluding hydrogens is 295 g/mol. The fourth-order valence-electron chi connectivity index (χ4n) is 2.22. The number of rotatable bonds is 4. The van der Waals surface area contributed by atoms with Gasteiger partial charge in [0, 0.05) is 11.6 Å². The average molecular weight is 310 g/mol. The van der Waals surface area contributed by atoms with Crippen LogP contribution in [0.5, 0.6) is 5.75 Å². The molecule has 1 atom stereocenters. The summed E-state index contributed by atoms with van der Waals surface area (Å²) in [6, 6.07) is 14.8. The van der Waals surface area contributed by atoms with Gasteiger partial charge in [0.15, 0.2) is 6.10 Å². The van der Waals surface area contributed by atoms with Gasteiger partial charge in [0.1, 0.15) is 11.6 Å². The number of carbonyl (C=O) groups excluding carboxylic acids is 1. The number of hydrogen-bond acceptors (Lipinski definition) is 3. The molecule has 4 nitrogen and oxygen atoms in total. The van der Waals surface area contributed by atoms with E-state index >= 15 is 0 Å². The predicted octanol–water partition coefficient (Wildman–Crippen LogP) is 3.78. The van der Waals surface area contributed by atoms with Gasteiger partial charge in [0.2, 0.25) is 0 Å². The maximum atomic E-state index is 12.9. The number of hydrogen-bond donors (Lipinski definition) is 1. The number of anilines is 1. The third-order valence-corrected chi connectivity index (χ3v) is 3.40. The quantitative estimate of drug-likeness (QED) is 0.798. The van der Waals surface area contributed by atoms with Crippen LogP contribution in [-0.2, 0) is 4.79 Å². The highest BCUT2D eigenvalue weighted by atomic mass is 19.1. The van der Waals surface area contributed by atoms with Crippen LogP contribution in [0.1, 0.15) is 6.92 Å². The van der Waals surface area contributed by atoms with Crippen LogP contribution in [0, 0.1) is 5.82 Å². The second-order valence-electron chi connectivity index (χ2n) is 5.08. The Morgan fingerprint density at radius 3 is 2.70 bits per heavy atom. The second-order valence-corrected chi connectivity index (χ2v) is 5.08. The van der Waals surface area contributed by atoms with Crippen molar-refractivity contribution in [2.24, 2.45) is 0 Å². The topological polar surface area (TPSA) is 51.2 Å². The Hall–Kier alpha value is -2.95. The highest BCUT2D eigenvalue weighted by molar-refractivity contribution is 6.02. The molecule has 0 saturated carbocycles. The van der Waals surface area contributed by atoms with E-state index in [4.69, 9.17) is 4.74 Å². The first kappa shape index (κ1) is 15.0. The molecule has 0 spiro atoms. The van der Waals surface area contributed by atoms with Crippen molar-refractivity contribution in [1.82, 2.24) is 4.98 Å². The summed E-state index contributed by atoms with van der Waals surface area (Å²) in [6.07, 6.45) is 0.987. The van der Waals surface area contributed by atoms with Crippen molar-refractivity contribution < 1.29 is 13.9 Å². The summed E-state index contributed by atoms with van der Waals surface area (Å²) < 4.78 is 18.4. The van der Waals surface area contributed by atoms with Crippen LogP contribution >= 0.6 is 0 Å². The second kappa shape index (κ2) is 6.44. The normalized spacial score (nSPS) is 11.9.